The molecule has 0 aromatic carbocycles. The normalized spacial score (nSPS) is 13.7. The first-order valence-electron chi connectivity index (χ1n) is 7.10. The highest BCUT2D eigenvalue weighted by Crippen LogP contribution is 2.05. The Morgan fingerprint density at radius 3 is 2.19 bits per heavy atom. The molecule has 98 valence electrons. The highest BCUT2D eigenvalue weighted by Gasteiger charge is 2.13. The van der Waals surface area contributed by atoms with Crippen molar-refractivity contribution >= 4 is 0 Å². The zero-order valence-electron chi connectivity index (χ0n) is 12.1. The molecule has 16 heavy (non-hydrogen) atoms. The first-order valence-corrected chi connectivity index (χ1v) is 7.10. The minimum Gasteiger partial charge on any atom is -0.315 e. The van der Waals surface area contributed by atoms with Gasteiger partial charge in [0, 0.05) is 12.6 Å². The first kappa shape index (κ1) is 15.9. The summed E-state index contributed by atoms with van der Waals surface area (Å²) in [6.07, 6.45) is 3.88. The van der Waals surface area contributed by atoms with E-state index >= 15 is 0 Å². The van der Waals surface area contributed by atoms with Gasteiger partial charge < -0.3 is 5.32 Å². The Hall–Kier alpha value is -0.0800. The summed E-state index contributed by atoms with van der Waals surface area (Å²) in [6.45, 7) is 16.1. The van der Waals surface area contributed by atoms with Gasteiger partial charge in [0.25, 0.3) is 0 Å². The number of likely N-dealkylation sites (N-methyl/N-ethyl adjacent to an activating group) is 1. The summed E-state index contributed by atoms with van der Waals surface area (Å²) in [7, 11) is 0. The van der Waals surface area contributed by atoms with E-state index in [0.29, 0.717) is 0 Å². The number of unbranched alkanes of at least 4 members (excludes halogenated alkanes) is 1. The molecule has 1 atom stereocenters. The van der Waals surface area contributed by atoms with Crippen LogP contribution in [-0.4, -0.2) is 37.1 Å². The van der Waals surface area contributed by atoms with Crippen LogP contribution >= 0.6 is 0 Å². The standard InChI is InChI=1S/C14H32N2/c1-6-9-10-16(8-3)14(7-2)12-15-11-13(4)5/h13-15H,6-12H2,1-5H3. The second kappa shape index (κ2) is 10.1. The molecule has 0 radical (unpaired) electrons. The van der Waals surface area contributed by atoms with Crippen LogP contribution in [0, 0.1) is 5.92 Å². The molecule has 0 rings (SSSR count). The summed E-state index contributed by atoms with van der Waals surface area (Å²) in [4.78, 5) is 2.62. The Bertz CT molecular complexity index is 146. The maximum atomic E-state index is 3.59. The van der Waals surface area contributed by atoms with Crippen LogP contribution in [0.25, 0.3) is 0 Å². The molecule has 0 bridgehead atoms. The molecule has 0 aliphatic rings. The third-order valence-electron chi connectivity index (χ3n) is 3.13. The number of nitrogens with one attached hydrogen (secondary N) is 1. The van der Waals surface area contributed by atoms with Gasteiger partial charge in [0.15, 0.2) is 0 Å². The van der Waals surface area contributed by atoms with Crippen LogP contribution < -0.4 is 5.32 Å². The molecule has 0 spiro atoms. The molecule has 2 nitrogen and oxygen atoms in total. The van der Waals surface area contributed by atoms with Gasteiger partial charge in [-0.2, -0.15) is 0 Å². The lowest BCUT2D eigenvalue weighted by Crippen LogP contribution is -2.43. The predicted molar refractivity (Wildman–Crippen MR) is 73.9 cm³/mol. The van der Waals surface area contributed by atoms with Crippen molar-refractivity contribution in [3.8, 4) is 0 Å². The molecular formula is C14H32N2. The number of rotatable bonds is 10. The van der Waals surface area contributed by atoms with Crippen molar-refractivity contribution in [1.82, 2.24) is 10.2 Å². The third-order valence-corrected chi connectivity index (χ3v) is 3.13. The zero-order valence-corrected chi connectivity index (χ0v) is 12.1. The summed E-state index contributed by atoms with van der Waals surface area (Å²) in [6, 6.07) is 0.718. The Morgan fingerprint density at radius 1 is 1.06 bits per heavy atom. The van der Waals surface area contributed by atoms with Crippen LogP contribution in [0.3, 0.4) is 0 Å². The molecule has 0 heterocycles. The van der Waals surface area contributed by atoms with Gasteiger partial charge in [0.1, 0.15) is 0 Å². The van der Waals surface area contributed by atoms with E-state index in [0.717, 1.165) is 25.0 Å². The van der Waals surface area contributed by atoms with E-state index in [-0.39, 0.29) is 0 Å². The largest absolute Gasteiger partial charge is 0.315 e. The zero-order chi connectivity index (χ0) is 12.4. The maximum absolute atomic E-state index is 3.59. The van der Waals surface area contributed by atoms with Gasteiger partial charge in [-0.15, -0.1) is 0 Å². The van der Waals surface area contributed by atoms with Crippen LogP contribution in [-0.2, 0) is 0 Å². The molecule has 0 aliphatic heterocycles. The monoisotopic (exact) mass is 228 g/mol. The summed E-state index contributed by atoms with van der Waals surface area (Å²) >= 11 is 0. The van der Waals surface area contributed by atoms with Crippen molar-refractivity contribution in [2.45, 2.75) is 59.9 Å². The molecule has 2 heteroatoms. The molecule has 0 saturated carbocycles. The lowest BCUT2D eigenvalue weighted by molar-refractivity contribution is 0.192. The maximum Gasteiger partial charge on any atom is 0.0217 e. The summed E-state index contributed by atoms with van der Waals surface area (Å²) in [5.74, 6) is 0.753. The SMILES string of the molecule is CCCCN(CC)C(CC)CNCC(C)C. The quantitative estimate of drug-likeness (QED) is 0.618. The van der Waals surface area contributed by atoms with Gasteiger partial charge in [-0.1, -0.05) is 41.0 Å². The van der Waals surface area contributed by atoms with Crippen LogP contribution in [0.5, 0.6) is 0 Å². The number of nitrogens with zero attached hydrogens (tertiary/aromatic N) is 1. The van der Waals surface area contributed by atoms with Gasteiger partial charge in [0.05, 0.1) is 0 Å². The molecule has 1 unspecified atom stereocenters. The van der Waals surface area contributed by atoms with E-state index in [9.17, 15) is 0 Å². The topological polar surface area (TPSA) is 15.3 Å². The summed E-state index contributed by atoms with van der Waals surface area (Å²) in [5.41, 5.74) is 0. The van der Waals surface area contributed by atoms with Crippen LogP contribution in [0.2, 0.25) is 0 Å². The highest BCUT2D eigenvalue weighted by molar-refractivity contribution is 4.72. The fraction of sp³-hybridized carbons (Fsp3) is 1.00. The van der Waals surface area contributed by atoms with Gasteiger partial charge >= 0.3 is 0 Å². The molecular weight excluding hydrogens is 196 g/mol. The van der Waals surface area contributed by atoms with Crippen molar-refractivity contribution in [3.63, 3.8) is 0 Å². The molecule has 1 N–H and O–H groups in total. The minimum absolute atomic E-state index is 0.718. The van der Waals surface area contributed by atoms with E-state index in [1.54, 1.807) is 0 Å². The Kier molecular flexibility index (Phi) is 10.0. The van der Waals surface area contributed by atoms with Gasteiger partial charge in [-0.05, 0) is 38.4 Å². The molecule has 0 aliphatic carbocycles. The molecule has 0 aromatic heterocycles. The summed E-state index contributed by atoms with van der Waals surface area (Å²) < 4.78 is 0. The second-order valence-corrected chi connectivity index (χ2v) is 5.10. The van der Waals surface area contributed by atoms with Crippen molar-refractivity contribution in [2.75, 3.05) is 26.2 Å². The van der Waals surface area contributed by atoms with Crippen LogP contribution in [0.4, 0.5) is 0 Å². The Labute approximate surface area is 103 Å². The van der Waals surface area contributed by atoms with Crippen molar-refractivity contribution < 1.29 is 0 Å². The third kappa shape index (κ3) is 7.24. The lowest BCUT2D eigenvalue weighted by atomic mass is 10.1. The Morgan fingerprint density at radius 2 is 1.75 bits per heavy atom. The molecule has 0 fully saturated rings. The van der Waals surface area contributed by atoms with Crippen LogP contribution in [0.1, 0.15) is 53.9 Å². The fourth-order valence-electron chi connectivity index (χ4n) is 2.03. The van der Waals surface area contributed by atoms with Crippen molar-refractivity contribution in [1.29, 1.82) is 0 Å². The van der Waals surface area contributed by atoms with Crippen LogP contribution in [0.15, 0.2) is 0 Å². The molecule has 0 amide bonds. The van der Waals surface area contributed by atoms with E-state index in [1.165, 1.54) is 32.4 Å². The lowest BCUT2D eigenvalue weighted by Gasteiger charge is -2.30. The van der Waals surface area contributed by atoms with Gasteiger partial charge in [0.2, 0.25) is 0 Å². The van der Waals surface area contributed by atoms with Gasteiger partial charge in [-0.25, -0.2) is 0 Å². The molecule has 0 saturated heterocycles. The average molecular weight is 228 g/mol. The Balaban J connectivity index is 3.91. The average Bonchev–Trinajstić information content (AvgIpc) is 2.27. The smallest absolute Gasteiger partial charge is 0.0217 e. The van der Waals surface area contributed by atoms with E-state index in [4.69, 9.17) is 0 Å². The fourth-order valence-corrected chi connectivity index (χ4v) is 2.03. The van der Waals surface area contributed by atoms with Crippen molar-refractivity contribution in [3.05, 3.63) is 0 Å². The van der Waals surface area contributed by atoms with E-state index < -0.39 is 0 Å². The predicted octanol–water partition coefficient (Wildman–Crippen LogP) is 3.13. The van der Waals surface area contributed by atoms with Crippen molar-refractivity contribution in [2.24, 2.45) is 5.92 Å². The van der Waals surface area contributed by atoms with E-state index in [1.807, 2.05) is 0 Å². The number of hydrogen-bond acceptors (Lipinski definition) is 2. The second-order valence-electron chi connectivity index (χ2n) is 5.10. The minimum atomic E-state index is 0.718. The highest BCUT2D eigenvalue weighted by atomic mass is 15.2. The number of hydrogen-bond donors (Lipinski definition) is 1. The molecule has 0 aromatic rings. The van der Waals surface area contributed by atoms with Gasteiger partial charge in [-0.3, -0.25) is 4.90 Å². The summed E-state index contributed by atoms with van der Waals surface area (Å²) in [5, 5.41) is 3.59. The van der Waals surface area contributed by atoms with E-state index in [2.05, 4.69) is 44.8 Å². The first-order chi connectivity index (χ1) is 7.65.